The molecule has 0 spiro atoms. The number of aliphatic carboxylic acids is 1. The average molecular weight is 281 g/mol. The smallest absolute Gasteiger partial charge is 0.0669 e. The van der Waals surface area contributed by atoms with Crippen molar-refractivity contribution in [2.75, 3.05) is 0 Å². The number of carbonyl (C=O) groups is 1. The van der Waals surface area contributed by atoms with Gasteiger partial charge in [-0.3, -0.25) is 0 Å². The number of aliphatic hydroxyl groups excluding tert-OH is 1. The maximum Gasteiger partial charge on any atom is 0.0669 e. The second-order valence-electron chi connectivity index (χ2n) is 4.98. The predicted molar refractivity (Wildman–Crippen MR) is 80.4 cm³/mol. The van der Waals surface area contributed by atoms with Gasteiger partial charge in [0.1, 0.15) is 0 Å². The minimum absolute atomic E-state index is 0.00541. The highest BCUT2D eigenvalue weighted by molar-refractivity contribution is 5.83. The number of hydrogen-bond acceptors (Lipinski definition) is 3. The summed E-state index contributed by atoms with van der Waals surface area (Å²) in [6.45, 7) is 3.39. The Bertz CT molecular complexity index is 632. The van der Waals surface area contributed by atoms with Crippen molar-refractivity contribution in [3.05, 3.63) is 72.3 Å². The first-order valence-electron chi connectivity index (χ1n) is 6.78. The van der Waals surface area contributed by atoms with Crippen LogP contribution in [0.3, 0.4) is 0 Å². The largest absolute Gasteiger partial charge is 0.545 e. The van der Waals surface area contributed by atoms with Gasteiger partial charge in [0.05, 0.1) is 12.1 Å². The Hall–Kier alpha value is -2.39. The van der Waals surface area contributed by atoms with Gasteiger partial charge < -0.3 is 15.0 Å². The van der Waals surface area contributed by atoms with Gasteiger partial charge in [0, 0.05) is 0 Å². The number of benzene rings is 2. The van der Waals surface area contributed by atoms with E-state index in [2.05, 4.69) is 6.58 Å². The lowest BCUT2D eigenvalue weighted by molar-refractivity contribution is -0.299. The first kappa shape index (κ1) is 15.0. The van der Waals surface area contributed by atoms with Crippen LogP contribution < -0.4 is 5.11 Å². The van der Waals surface area contributed by atoms with Crippen LogP contribution in [0.5, 0.6) is 0 Å². The van der Waals surface area contributed by atoms with Crippen molar-refractivity contribution in [3.63, 3.8) is 0 Å². The molecule has 3 nitrogen and oxygen atoms in total. The molecule has 0 aromatic heterocycles. The minimum Gasteiger partial charge on any atom is -0.545 e. The molecule has 0 aliphatic rings. The zero-order valence-corrected chi connectivity index (χ0v) is 11.7. The molecule has 1 N–H and O–H groups in total. The second kappa shape index (κ2) is 6.86. The van der Waals surface area contributed by atoms with Crippen LogP contribution in [0, 0.1) is 0 Å². The minimum atomic E-state index is -1.31. The summed E-state index contributed by atoms with van der Waals surface area (Å²) in [6, 6.07) is 17.7. The lowest BCUT2D eigenvalue weighted by Gasteiger charge is -2.16. The molecular formula is C18H17O3-. The van der Waals surface area contributed by atoms with Crippen LogP contribution in [0.2, 0.25) is 0 Å². The van der Waals surface area contributed by atoms with E-state index in [1.165, 1.54) is 0 Å². The highest BCUT2D eigenvalue weighted by Crippen LogP contribution is 2.25. The zero-order valence-electron chi connectivity index (χ0n) is 11.7. The number of carboxylic acids is 1. The van der Waals surface area contributed by atoms with Crippen LogP contribution >= 0.6 is 0 Å². The van der Waals surface area contributed by atoms with E-state index in [1.807, 2.05) is 54.6 Å². The van der Waals surface area contributed by atoms with Crippen molar-refractivity contribution in [3.8, 4) is 11.1 Å². The van der Waals surface area contributed by atoms with E-state index in [0.717, 1.165) is 16.7 Å². The average Bonchev–Trinajstić information content (AvgIpc) is 2.48. The lowest BCUT2D eigenvalue weighted by Crippen LogP contribution is -2.26. The number of carboxylic acid groups (broad SMARTS) is 1. The summed E-state index contributed by atoms with van der Waals surface area (Å²) in [5, 5.41) is 20.7. The van der Waals surface area contributed by atoms with Gasteiger partial charge in [-0.05, 0) is 35.1 Å². The van der Waals surface area contributed by atoms with E-state index in [9.17, 15) is 15.0 Å². The Morgan fingerprint density at radius 1 is 1.10 bits per heavy atom. The molecule has 1 unspecified atom stereocenters. The van der Waals surface area contributed by atoms with Crippen molar-refractivity contribution in [2.45, 2.75) is 18.9 Å². The lowest BCUT2D eigenvalue weighted by atomic mass is 9.94. The van der Waals surface area contributed by atoms with E-state index in [4.69, 9.17) is 0 Å². The fourth-order valence-corrected chi connectivity index (χ4v) is 2.29. The first-order valence-corrected chi connectivity index (χ1v) is 6.78. The fraction of sp³-hybridized carbons (Fsp3) is 0.167. The van der Waals surface area contributed by atoms with Gasteiger partial charge in [-0.1, -0.05) is 61.2 Å². The van der Waals surface area contributed by atoms with Gasteiger partial charge in [0.25, 0.3) is 0 Å². The summed E-state index contributed by atoms with van der Waals surface area (Å²) < 4.78 is 0. The van der Waals surface area contributed by atoms with Gasteiger partial charge in [0.15, 0.2) is 0 Å². The SMILES string of the molecule is C=C(CC(O)Cc1ccccc1-c1ccccc1)C(=O)[O-]. The molecule has 0 heterocycles. The van der Waals surface area contributed by atoms with Crippen molar-refractivity contribution in [2.24, 2.45) is 0 Å². The molecule has 0 aliphatic heterocycles. The highest BCUT2D eigenvalue weighted by Gasteiger charge is 2.11. The zero-order chi connectivity index (χ0) is 15.2. The fourth-order valence-electron chi connectivity index (χ4n) is 2.29. The summed E-state index contributed by atoms with van der Waals surface area (Å²) in [7, 11) is 0. The van der Waals surface area contributed by atoms with Crippen molar-refractivity contribution in [1.29, 1.82) is 0 Å². The standard InChI is InChI=1S/C18H18O3/c1-13(18(20)21)11-16(19)12-15-9-5-6-10-17(15)14-7-3-2-4-8-14/h2-10,16,19H,1,11-12H2,(H,20,21)/p-1. The molecule has 0 saturated heterocycles. The molecule has 0 aliphatic carbocycles. The third kappa shape index (κ3) is 4.04. The third-order valence-electron chi connectivity index (χ3n) is 3.33. The van der Waals surface area contributed by atoms with Crippen LogP contribution in [0.25, 0.3) is 11.1 Å². The molecule has 21 heavy (non-hydrogen) atoms. The Balaban J connectivity index is 2.18. The molecule has 2 aromatic carbocycles. The van der Waals surface area contributed by atoms with Crippen molar-refractivity contribution >= 4 is 5.97 Å². The van der Waals surface area contributed by atoms with E-state index in [0.29, 0.717) is 6.42 Å². The van der Waals surface area contributed by atoms with Crippen LogP contribution in [0.15, 0.2) is 66.7 Å². The van der Waals surface area contributed by atoms with E-state index >= 15 is 0 Å². The molecule has 0 bridgehead atoms. The Morgan fingerprint density at radius 2 is 1.71 bits per heavy atom. The first-order chi connectivity index (χ1) is 10.1. The van der Waals surface area contributed by atoms with E-state index in [-0.39, 0.29) is 12.0 Å². The number of rotatable bonds is 6. The Morgan fingerprint density at radius 3 is 2.38 bits per heavy atom. The number of hydrogen-bond donors (Lipinski definition) is 1. The quantitative estimate of drug-likeness (QED) is 0.823. The van der Waals surface area contributed by atoms with Gasteiger partial charge in [0.2, 0.25) is 0 Å². The third-order valence-corrected chi connectivity index (χ3v) is 3.33. The topological polar surface area (TPSA) is 60.4 Å². The number of carbonyl (C=O) groups excluding carboxylic acids is 1. The molecule has 3 heteroatoms. The van der Waals surface area contributed by atoms with Crippen molar-refractivity contribution < 1.29 is 15.0 Å². The maximum atomic E-state index is 10.7. The number of aliphatic hydroxyl groups is 1. The van der Waals surface area contributed by atoms with Crippen LogP contribution in [-0.4, -0.2) is 17.2 Å². The van der Waals surface area contributed by atoms with Gasteiger partial charge in [-0.15, -0.1) is 0 Å². The van der Waals surface area contributed by atoms with Crippen molar-refractivity contribution in [1.82, 2.24) is 0 Å². The normalized spacial score (nSPS) is 11.9. The molecule has 1 atom stereocenters. The predicted octanol–water partition coefficient (Wildman–Crippen LogP) is 1.95. The molecule has 0 radical (unpaired) electrons. The molecule has 108 valence electrons. The summed E-state index contributed by atoms with van der Waals surface area (Å²) in [5.74, 6) is -1.31. The van der Waals surface area contributed by atoms with Gasteiger partial charge >= 0.3 is 0 Å². The Labute approximate surface area is 124 Å². The molecule has 0 saturated carbocycles. The Kier molecular flexibility index (Phi) is 4.90. The molecular weight excluding hydrogens is 264 g/mol. The van der Waals surface area contributed by atoms with Crippen LogP contribution in [-0.2, 0) is 11.2 Å². The second-order valence-corrected chi connectivity index (χ2v) is 4.98. The van der Waals surface area contributed by atoms with Crippen LogP contribution in [0.1, 0.15) is 12.0 Å². The molecule has 0 amide bonds. The maximum absolute atomic E-state index is 10.7. The summed E-state index contributed by atoms with van der Waals surface area (Å²) in [6.07, 6.45) is -0.414. The molecule has 0 fully saturated rings. The van der Waals surface area contributed by atoms with E-state index in [1.54, 1.807) is 0 Å². The van der Waals surface area contributed by atoms with Crippen LogP contribution in [0.4, 0.5) is 0 Å². The molecule has 2 aromatic rings. The van der Waals surface area contributed by atoms with Gasteiger partial charge in [-0.2, -0.15) is 0 Å². The highest BCUT2D eigenvalue weighted by atomic mass is 16.4. The monoisotopic (exact) mass is 281 g/mol. The summed E-state index contributed by atoms with van der Waals surface area (Å²) in [5.41, 5.74) is 3.00. The summed E-state index contributed by atoms with van der Waals surface area (Å²) in [4.78, 5) is 10.7. The molecule has 2 rings (SSSR count). The van der Waals surface area contributed by atoms with Gasteiger partial charge in [-0.25, -0.2) is 0 Å². The van der Waals surface area contributed by atoms with E-state index < -0.39 is 12.1 Å². The summed E-state index contributed by atoms with van der Waals surface area (Å²) >= 11 is 0.